The molecule has 3 heterocycles. The van der Waals surface area contributed by atoms with Crippen LogP contribution in [0.4, 0.5) is 5.82 Å². The molecule has 9 nitrogen and oxygen atoms in total. The van der Waals surface area contributed by atoms with Crippen molar-refractivity contribution in [2.75, 3.05) is 11.1 Å². The molecular formula is C26H25N5O4S. The number of carbonyl (C=O) groups is 2. The molecule has 1 aliphatic rings. The molecule has 4 aromatic rings. The lowest BCUT2D eigenvalue weighted by Crippen LogP contribution is -2.30. The molecule has 10 heteroatoms. The van der Waals surface area contributed by atoms with Crippen LogP contribution < -0.4 is 5.32 Å². The molecule has 0 bridgehead atoms. The zero-order valence-corrected chi connectivity index (χ0v) is 20.7. The van der Waals surface area contributed by atoms with E-state index >= 15 is 0 Å². The summed E-state index contributed by atoms with van der Waals surface area (Å²) in [7, 11) is -3.29. The van der Waals surface area contributed by atoms with Crippen LogP contribution in [0.2, 0.25) is 0 Å². The van der Waals surface area contributed by atoms with Gasteiger partial charge in [-0.2, -0.15) is 0 Å². The van der Waals surface area contributed by atoms with Gasteiger partial charge in [0, 0.05) is 30.4 Å². The van der Waals surface area contributed by atoms with Crippen LogP contribution in [0.5, 0.6) is 0 Å². The van der Waals surface area contributed by atoms with Crippen LogP contribution in [0, 0.1) is 5.92 Å². The number of anilines is 1. The Morgan fingerprint density at radius 1 is 1.08 bits per heavy atom. The predicted octanol–water partition coefficient (Wildman–Crippen LogP) is 3.26. The Bertz CT molecular complexity index is 1580. The Morgan fingerprint density at radius 2 is 1.81 bits per heavy atom. The van der Waals surface area contributed by atoms with E-state index in [1.807, 2.05) is 17.5 Å². The van der Waals surface area contributed by atoms with Gasteiger partial charge in [0.2, 0.25) is 5.91 Å². The number of sulfone groups is 1. The van der Waals surface area contributed by atoms with Crippen LogP contribution in [0.1, 0.15) is 47.1 Å². The number of nitrogens with one attached hydrogen (secondary N) is 1. The Kier molecular flexibility index (Phi) is 6.13. The van der Waals surface area contributed by atoms with E-state index in [0.29, 0.717) is 40.4 Å². The SMILES string of the molecule is CCS(=O)(=O)c1ccc(CC(=O)Nc2ccc3c(n2)CC(C)C(c2nccn4ccnc24)C3=O)cc1. The molecular weight excluding hydrogens is 478 g/mol. The number of rotatable bonds is 6. The second kappa shape index (κ2) is 9.27. The van der Waals surface area contributed by atoms with E-state index in [2.05, 4.69) is 20.3 Å². The van der Waals surface area contributed by atoms with Gasteiger partial charge in [0.15, 0.2) is 21.3 Å². The maximum atomic E-state index is 13.4. The zero-order valence-electron chi connectivity index (χ0n) is 19.9. The van der Waals surface area contributed by atoms with Gasteiger partial charge in [0.25, 0.3) is 0 Å². The second-order valence-corrected chi connectivity index (χ2v) is 11.2. The molecule has 0 saturated carbocycles. The number of amides is 1. The first-order chi connectivity index (χ1) is 17.3. The molecule has 5 rings (SSSR count). The molecule has 1 N–H and O–H groups in total. The van der Waals surface area contributed by atoms with E-state index in [4.69, 9.17) is 0 Å². The van der Waals surface area contributed by atoms with Gasteiger partial charge in [-0.3, -0.25) is 14.6 Å². The van der Waals surface area contributed by atoms with Crippen LogP contribution in [-0.2, 0) is 27.5 Å². The average Bonchev–Trinajstić information content (AvgIpc) is 3.34. The van der Waals surface area contributed by atoms with Crippen molar-refractivity contribution < 1.29 is 18.0 Å². The highest BCUT2D eigenvalue weighted by Gasteiger charge is 2.37. The summed E-state index contributed by atoms with van der Waals surface area (Å²) in [5.41, 5.74) is 3.18. The van der Waals surface area contributed by atoms with Gasteiger partial charge in [-0.05, 0) is 42.2 Å². The lowest BCUT2D eigenvalue weighted by atomic mass is 9.76. The summed E-state index contributed by atoms with van der Waals surface area (Å²) in [5, 5.41) is 2.78. The van der Waals surface area contributed by atoms with Gasteiger partial charge >= 0.3 is 0 Å². The number of pyridine rings is 1. The second-order valence-electron chi connectivity index (χ2n) is 8.96. The quantitative estimate of drug-likeness (QED) is 0.428. The Hall–Kier alpha value is -3.92. The number of aromatic nitrogens is 4. The molecule has 0 saturated heterocycles. The minimum Gasteiger partial charge on any atom is -0.310 e. The number of hydrogen-bond donors (Lipinski definition) is 1. The predicted molar refractivity (Wildman–Crippen MR) is 134 cm³/mol. The van der Waals surface area contributed by atoms with Crippen LogP contribution in [0.3, 0.4) is 0 Å². The smallest absolute Gasteiger partial charge is 0.229 e. The van der Waals surface area contributed by atoms with E-state index in [-0.39, 0.29) is 34.7 Å². The van der Waals surface area contributed by atoms with Crippen molar-refractivity contribution in [3.05, 3.63) is 83.7 Å². The molecule has 0 fully saturated rings. The first-order valence-corrected chi connectivity index (χ1v) is 13.4. The highest BCUT2D eigenvalue weighted by atomic mass is 32.2. The number of fused-ring (bicyclic) bond motifs is 2. The molecule has 3 aromatic heterocycles. The number of benzene rings is 1. The lowest BCUT2D eigenvalue weighted by molar-refractivity contribution is -0.115. The molecule has 2 atom stereocenters. The summed E-state index contributed by atoms with van der Waals surface area (Å²) in [4.78, 5) is 39.7. The molecule has 184 valence electrons. The summed E-state index contributed by atoms with van der Waals surface area (Å²) in [5.74, 6) is -0.413. The third kappa shape index (κ3) is 4.39. The van der Waals surface area contributed by atoms with Crippen molar-refractivity contribution in [1.29, 1.82) is 0 Å². The molecule has 0 aliphatic heterocycles. The van der Waals surface area contributed by atoms with Crippen molar-refractivity contribution in [3.63, 3.8) is 0 Å². The third-order valence-electron chi connectivity index (χ3n) is 6.53. The highest BCUT2D eigenvalue weighted by molar-refractivity contribution is 7.91. The standard InChI is InChI=1S/C26H25N5O4S/c1-3-36(34,35)18-6-4-17(5-7-18)15-22(32)30-21-9-8-19-20(29-21)14-16(2)23(25(19)33)24-26-28-11-13-31(26)12-10-27-24/h4-13,16,23H,3,14-15H2,1-2H3,(H,29,30,32). The van der Waals surface area contributed by atoms with Crippen molar-refractivity contribution in [3.8, 4) is 0 Å². The molecule has 2 unspecified atom stereocenters. The van der Waals surface area contributed by atoms with Gasteiger partial charge in [0.05, 0.1) is 34.4 Å². The first kappa shape index (κ1) is 23.8. The van der Waals surface area contributed by atoms with Crippen molar-refractivity contribution in [2.24, 2.45) is 5.92 Å². The summed E-state index contributed by atoms with van der Waals surface area (Å²) in [6.07, 6.45) is 7.62. The highest BCUT2D eigenvalue weighted by Crippen LogP contribution is 2.37. The number of carbonyl (C=O) groups excluding carboxylic acids is 2. The van der Waals surface area contributed by atoms with Crippen LogP contribution in [0.25, 0.3) is 5.65 Å². The average molecular weight is 504 g/mol. The summed E-state index contributed by atoms with van der Waals surface area (Å²) in [6.45, 7) is 3.59. The van der Waals surface area contributed by atoms with Gasteiger partial charge < -0.3 is 9.72 Å². The van der Waals surface area contributed by atoms with Crippen molar-refractivity contribution in [1.82, 2.24) is 19.4 Å². The van der Waals surface area contributed by atoms with Crippen LogP contribution >= 0.6 is 0 Å². The fourth-order valence-electron chi connectivity index (χ4n) is 4.64. The van der Waals surface area contributed by atoms with Gasteiger partial charge in [-0.25, -0.2) is 18.4 Å². The summed E-state index contributed by atoms with van der Waals surface area (Å²) >= 11 is 0. The lowest BCUT2D eigenvalue weighted by Gasteiger charge is -2.28. The van der Waals surface area contributed by atoms with Gasteiger partial charge in [0.1, 0.15) is 5.82 Å². The third-order valence-corrected chi connectivity index (χ3v) is 8.28. The molecule has 36 heavy (non-hydrogen) atoms. The number of imidazole rings is 1. The fraction of sp³-hybridized carbons (Fsp3) is 0.269. The molecule has 0 spiro atoms. The minimum atomic E-state index is -3.29. The molecule has 1 aliphatic carbocycles. The number of ketones is 1. The van der Waals surface area contributed by atoms with E-state index in [1.165, 1.54) is 12.1 Å². The zero-order chi connectivity index (χ0) is 25.4. The summed E-state index contributed by atoms with van der Waals surface area (Å²) < 4.78 is 25.8. The molecule has 0 radical (unpaired) electrons. The number of nitrogens with zero attached hydrogens (tertiary/aromatic N) is 4. The molecule has 1 amide bonds. The summed E-state index contributed by atoms with van der Waals surface area (Å²) in [6, 6.07) is 9.63. The van der Waals surface area contributed by atoms with Crippen LogP contribution in [0.15, 0.2) is 66.1 Å². The van der Waals surface area contributed by atoms with E-state index in [0.717, 1.165) is 0 Å². The maximum Gasteiger partial charge on any atom is 0.229 e. The first-order valence-electron chi connectivity index (χ1n) is 11.7. The monoisotopic (exact) mass is 503 g/mol. The minimum absolute atomic E-state index is 0.0221. The Labute approximate surface area is 208 Å². The molecule has 1 aromatic carbocycles. The van der Waals surface area contributed by atoms with Gasteiger partial charge in [-0.1, -0.05) is 26.0 Å². The van der Waals surface area contributed by atoms with Crippen LogP contribution in [-0.4, -0.2) is 45.2 Å². The topological polar surface area (TPSA) is 123 Å². The van der Waals surface area contributed by atoms with E-state index in [9.17, 15) is 18.0 Å². The van der Waals surface area contributed by atoms with Crippen molar-refractivity contribution >= 4 is 33.0 Å². The van der Waals surface area contributed by atoms with Crippen molar-refractivity contribution in [2.45, 2.75) is 37.5 Å². The van der Waals surface area contributed by atoms with Gasteiger partial charge in [-0.15, -0.1) is 0 Å². The maximum absolute atomic E-state index is 13.4. The fourth-order valence-corrected chi connectivity index (χ4v) is 5.53. The van der Waals surface area contributed by atoms with E-state index in [1.54, 1.807) is 49.8 Å². The number of hydrogen-bond acceptors (Lipinski definition) is 7. The Balaban J connectivity index is 1.32. The van der Waals surface area contributed by atoms with E-state index < -0.39 is 15.8 Å². The number of Topliss-reactive ketones (excluding diaryl/α,β-unsaturated/α-hetero) is 1. The Morgan fingerprint density at radius 3 is 2.53 bits per heavy atom. The largest absolute Gasteiger partial charge is 0.310 e. The normalized spacial score (nSPS) is 17.7.